The summed E-state index contributed by atoms with van der Waals surface area (Å²) in [6.45, 7) is -0.483. The van der Waals surface area contributed by atoms with Crippen molar-refractivity contribution in [3.8, 4) is 11.3 Å². The number of amides is 1. The molecule has 0 unspecified atom stereocenters. The number of anilines is 1. The fraction of sp³-hybridized carbons (Fsp3) is 0.0625. The molecule has 8 nitrogen and oxygen atoms in total. The second-order valence-corrected chi connectivity index (χ2v) is 6.15. The highest BCUT2D eigenvalue weighted by molar-refractivity contribution is 7.14. The summed E-state index contributed by atoms with van der Waals surface area (Å²) in [4.78, 5) is 37.8. The fourth-order valence-corrected chi connectivity index (χ4v) is 2.97. The molecule has 0 atom stereocenters. The third-order valence-electron chi connectivity index (χ3n) is 3.46. The highest BCUT2D eigenvalue weighted by Crippen LogP contribution is 2.29. The standard InChI is InChI=1S/C16H10F2N4O4S/c17-10-2-1-3-11(18)15(10)12-8-27-16(19-12)20-13(23)7-21-6-9(22(25)26)4-5-14(21)24/h1-6,8H,7H2,(H,19,20,23). The van der Waals surface area contributed by atoms with Crippen LogP contribution in [0.4, 0.5) is 19.6 Å². The molecular weight excluding hydrogens is 382 g/mol. The quantitative estimate of drug-likeness (QED) is 0.531. The molecule has 3 rings (SSSR count). The summed E-state index contributed by atoms with van der Waals surface area (Å²) in [7, 11) is 0. The Morgan fingerprint density at radius 2 is 1.96 bits per heavy atom. The van der Waals surface area contributed by atoms with Crippen molar-refractivity contribution >= 4 is 28.1 Å². The van der Waals surface area contributed by atoms with Crippen LogP contribution in [0.5, 0.6) is 0 Å². The van der Waals surface area contributed by atoms with E-state index < -0.39 is 34.6 Å². The number of carbonyl (C=O) groups excluding carboxylic acids is 1. The molecule has 0 aliphatic rings. The molecule has 1 N–H and O–H groups in total. The first-order valence-electron chi connectivity index (χ1n) is 7.40. The molecule has 138 valence electrons. The number of pyridine rings is 1. The van der Waals surface area contributed by atoms with Crippen LogP contribution in [0.15, 0.2) is 46.7 Å². The lowest BCUT2D eigenvalue weighted by molar-refractivity contribution is -0.385. The van der Waals surface area contributed by atoms with Gasteiger partial charge in [0.25, 0.3) is 11.2 Å². The van der Waals surface area contributed by atoms with Gasteiger partial charge in [-0.05, 0) is 12.1 Å². The third kappa shape index (κ3) is 4.03. The van der Waals surface area contributed by atoms with Crippen LogP contribution >= 0.6 is 11.3 Å². The van der Waals surface area contributed by atoms with Gasteiger partial charge in [-0.1, -0.05) is 6.07 Å². The van der Waals surface area contributed by atoms with Gasteiger partial charge >= 0.3 is 0 Å². The van der Waals surface area contributed by atoms with E-state index in [9.17, 15) is 28.5 Å². The Morgan fingerprint density at radius 3 is 2.63 bits per heavy atom. The minimum Gasteiger partial charge on any atom is -0.300 e. The van der Waals surface area contributed by atoms with Gasteiger partial charge in [-0.25, -0.2) is 13.8 Å². The van der Waals surface area contributed by atoms with Crippen molar-refractivity contribution in [1.82, 2.24) is 9.55 Å². The molecule has 1 aromatic carbocycles. The summed E-state index contributed by atoms with van der Waals surface area (Å²) < 4.78 is 28.4. The number of hydrogen-bond donors (Lipinski definition) is 1. The largest absolute Gasteiger partial charge is 0.300 e. The molecule has 0 spiro atoms. The van der Waals surface area contributed by atoms with Gasteiger partial charge in [0.05, 0.1) is 22.4 Å². The summed E-state index contributed by atoms with van der Waals surface area (Å²) >= 11 is 0.941. The lowest BCUT2D eigenvalue weighted by Gasteiger charge is -2.05. The molecule has 0 fully saturated rings. The predicted octanol–water partition coefficient (Wildman–Crippen LogP) is 2.80. The monoisotopic (exact) mass is 392 g/mol. The molecule has 11 heteroatoms. The van der Waals surface area contributed by atoms with Crippen LogP contribution < -0.4 is 10.9 Å². The van der Waals surface area contributed by atoms with E-state index in [1.165, 1.54) is 11.4 Å². The molecule has 0 radical (unpaired) electrons. The zero-order chi connectivity index (χ0) is 19.6. The summed E-state index contributed by atoms with van der Waals surface area (Å²) in [5.41, 5.74) is -1.24. The van der Waals surface area contributed by atoms with E-state index in [0.29, 0.717) is 0 Å². The molecular formula is C16H10F2N4O4S. The molecule has 2 aromatic heterocycles. The summed E-state index contributed by atoms with van der Waals surface area (Å²) in [5.74, 6) is -2.25. The molecule has 27 heavy (non-hydrogen) atoms. The molecule has 2 heterocycles. The van der Waals surface area contributed by atoms with E-state index in [4.69, 9.17) is 0 Å². The fourth-order valence-electron chi connectivity index (χ4n) is 2.25. The highest BCUT2D eigenvalue weighted by atomic mass is 32.1. The van der Waals surface area contributed by atoms with Gasteiger partial charge in [0.15, 0.2) is 5.13 Å². The van der Waals surface area contributed by atoms with E-state index in [2.05, 4.69) is 10.3 Å². The van der Waals surface area contributed by atoms with E-state index in [0.717, 1.165) is 46.4 Å². The van der Waals surface area contributed by atoms with Crippen molar-refractivity contribution in [2.75, 3.05) is 5.32 Å². The number of nitro groups is 1. The summed E-state index contributed by atoms with van der Waals surface area (Å²) in [6.07, 6.45) is 0.948. The zero-order valence-corrected chi connectivity index (χ0v) is 14.2. The van der Waals surface area contributed by atoms with Gasteiger partial charge in [-0.3, -0.25) is 24.3 Å². The van der Waals surface area contributed by atoms with E-state index in [1.807, 2.05) is 0 Å². The van der Waals surface area contributed by atoms with Crippen LogP contribution in [0, 0.1) is 21.7 Å². The number of benzene rings is 1. The van der Waals surface area contributed by atoms with Crippen LogP contribution in [0.25, 0.3) is 11.3 Å². The average Bonchev–Trinajstić information content (AvgIpc) is 3.04. The van der Waals surface area contributed by atoms with Crippen LogP contribution in [-0.2, 0) is 11.3 Å². The summed E-state index contributed by atoms with van der Waals surface area (Å²) in [5, 5.41) is 14.6. The predicted molar refractivity (Wildman–Crippen MR) is 93.5 cm³/mol. The first-order chi connectivity index (χ1) is 12.8. The van der Waals surface area contributed by atoms with Crippen molar-refractivity contribution in [2.45, 2.75) is 6.54 Å². The lowest BCUT2D eigenvalue weighted by Crippen LogP contribution is -2.26. The maximum atomic E-state index is 13.8. The first-order valence-corrected chi connectivity index (χ1v) is 8.28. The number of nitrogens with zero attached hydrogens (tertiary/aromatic N) is 3. The number of rotatable bonds is 5. The molecule has 0 aliphatic carbocycles. The number of nitrogens with one attached hydrogen (secondary N) is 1. The van der Waals surface area contributed by atoms with Crippen molar-refractivity contribution in [1.29, 1.82) is 0 Å². The molecule has 0 saturated carbocycles. The highest BCUT2D eigenvalue weighted by Gasteiger charge is 2.16. The number of aromatic nitrogens is 2. The van der Waals surface area contributed by atoms with Gasteiger partial charge in [-0.15, -0.1) is 11.3 Å². The Bertz CT molecular complexity index is 1080. The first kappa shape index (κ1) is 18.3. The van der Waals surface area contributed by atoms with Gasteiger partial charge in [0.2, 0.25) is 5.91 Å². The normalized spacial score (nSPS) is 10.6. The maximum absolute atomic E-state index is 13.8. The van der Waals surface area contributed by atoms with Gasteiger partial charge < -0.3 is 5.32 Å². The molecule has 3 aromatic rings. The van der Waals surface area contributed by atoms with Crippen LogP contribution in [0.3, 0.4) is 0 Å². The van der Waals surface area contributed by atoms with Crippen molar-refractivity contribution < 1.29 is 18.5 Å². The average molecular weight is 392 g/mol. The molecule has 0 bridgehead atoms. The van der Waals surface area contributed by atoms with Gasteiger partial charge in [0, 0.05) is 17.5 Å². The summed E-state index contributed by atoms with van der Waals surface area (Å²) in [6, 6.07) is 5.41. The van der Waals surface area contributed by atoms with Gasteiger partial charge in [0.1, 0.15) is 18.2 Å². The molecule has 0 aliphatic heterocycles. The molecule has 0 saturated heterocycles. The van der Waals surface area contributed by atoms with Crippen LogP contribution in [0.1, 0.15) is 0 Å². The number of halogens is 2. The smallest absolute Gasteiger partial charge is 0.285 e. The Labute approximate surface area is 153 Å². The topological polar surface area (TPSA) is 107 Å². The number of thiazole rings is 1. The minimum atomic E-state index is -0.790. The SMILES string of the molecule is O=C(Cn1cc([N+](=O)[O-])ccc1=O)Nc1nc(-c2c(F)cccc2F)cs1. The minimum absolute atomic E-state index is 0.0124. The molecule has 1 amide bonds. The lowest BCUT2D eigenvalue weighted by atomic mass is 10.1. The van der Waals surface area contributed by atoms with Crippen molar-refractivity contribution in [3.63, 3.8) is 0 Å². The van der Waals surface area contributed by atoms with Crippen LogP contribution in [-0.4, -0.2) is 20.4 Å². The Morgan fingerprint density at radius 1 is 1.26 bits per heavy atom. The maximum Gasteiger partial charge on any atom is 0.285 e. The van der Waals surface area contributed by atoms with Crippen LogP contribution in [0.2, 0.25) is 0 Å². The Balaban J connectivity index is 1.77. The second-order valence-electron chi connectivity index (χ2n) is 5.29. The Kier molecular flexibility index (Phi) is 5.03. The van der Waals surface area contributed by atoms with E-state index in [1.54, 1.807) is 0 Å². The van der Waals surface area contributed by atoms with E-state index in [-0.39, 0.29) is 22.1 Å². The zero-order valence-electron chi connectivity index (χ0n) is 13.4. The third-order valence-corrected chi connectivity index (χ3v) is 4.22. The number of carbonyl (C=O) groups is 1. The van der Waals surface area contributed by atoms with E-state index >= 15 is 0 Å². The Hall–Kier alpha value is -3.47. The second kappa shape index (κ2) is 7.41. The van der Waals surface area contributed by atoms with Crippen molar-refractivity contribution in [2.24, 2.45) is 0 Å². The van der Waals surface area contributed by atoms with Gasteiger partial charge in [-0.2, -0.15) is 0 Å². The number of hydrogen-bond acceptors (Lipinski definition) is 6. The van der Waals surface area contributed by atoms with Crippen molar-refractivity contribution in [3.05, 3.63) is 74.0 Å².